The highest BCUT2D eigenvalue weighted by atomic mass is 35.5. The van der Waals surface area contributed by atoms with Crippen LogP contribution < -0.4 is 15.0 Å². The average molecular weight is 345 g/mol. The average Bonchev–Trinajstić information content (AvgIpc) is 3.02. The van der Waals surface area contributed by atoms with Gasteiger partial charge in [-0.1, -0.05) is 11.6 Å². The number of ether oxygens (including phenoxy) is 1. The molecule has 1 fully saturated rings. The van der Waals surface area contributed by atoms with E-state index >= 15 is 0 Å². The highest BCUT2D eigenvalue weighted by molar-refractivity contribution is 6.34. The van der Waals surface area contributed by atoms with Crippen LogP contribution in [0.5, 0.6) is 5.75 Å². The number of hydrogen-bond acceptors (Lipinski definition) is 3. The van der Waals surface area contributed by atoms with Crippen molar-refractivity contribution in [3.63, 3.8) is 0 Å². The van der Waals surface area contributed by atoms with Gasteiger partial charge in [0, 0.05) is 24.2 Å². The molecule has 5 nitrogen and oxygen atoms in total. The van der Waals surface area contributed by atoms with Crippen molar-refractivity contribution in [1.82, 2.24) is 0 Å². The molecule has 0 spiro atoms. The van der Waals surface area contributed by atoms with Gasteiger partial charge in [-0.3, -0.25) is 9.59 Å². The molecule has 0 unspecified atom stereocenters. The van der Waals surface area contributed by atoms with E-state index in [1.807, 2.05) is 0 Å². The molecule has 1 aliphatic heterocycles. The summed E-state index contributed by atoms with van der Waals surface area (Å²) in [5, 5.41) is 3.28. The van der Waals surface area contributed by atoms with Crippen LogP contribution in [-0.2, 0) is 4.79 Å². The predicted molar refractivity (Wildman–Crippen MR) is 94.0 cm³/mol. The summed E-state index contributed by atoms with van der Waals surface area (Å²) in [6.45, 7) is 0.627. The highest BCUT2D eigenvalue weighted by Gasteiger charge is 2.24. The number of methoxy groups -OCH3 is 1. The summed E-state index contributed by atoms with van der Waals surface area (Å²) >= 11 is 6.20. The molecule has 6 heteroatoms. The van der Waals surface area contributed by atoms with Crippen LogP contribution in [0.2, 0.25) is 5.02 Å². The molecule has 1 aliphatic rings. The van der Waals surface area contributed by atoms with Crippen LogP contribution in [-0.4, -0.2) is 25.5 Å². The molecule has 3 rings (SSSR count). The molecule has 0 radical (unpaired) electrons. The Kier molecular flexibility index (Phi) is 4.71. The van der Waals surface area contributed by atoms with Gasteiger partial charge in [0.25, 0.3) is 5.91 Å². The minimum atomic E-state index is -0.260. The van der Waals surface area contributed by atoms with E-state index in [1.165, 1.54) is 0 Å². The molecule has 2 aromatic rings. The van der Waals surface area contributed by atoms with E-state index in [-0.39, 0.29) is 11.8 Å². The number of nitrogens with zero attached hydrogens (tertiary/aromatic N) is 1. The van der Waals surface area contributed by atoms with Crippen LogP contribution in [0.4, 0.5) is 11.4 Å². The number of rotatable bonds is 4. The maximum atomic E-state index is 12.4. The summed E-state index contributed by atoms with van der Waals surface area (Å²) in [6, 6.07) is 12.0. The summed E-state index contributed by atoms with van der Waals surface area (Å²) < 4.78 is 5.09. The lowest BCUT2D eigenvalue weighted by Crippen LogP contribution is -2.24. The third-order valence-electron chi connectivity index (χ3n) is 3.92. The molecule has 2 amide bonds. The van der Waals surface area contributed by atoms with E-state index in [2.05, 4.69) is 5.32 Å². The number of anilines is 2. The quantitative estimate of drug-likeness (QED) is 0.919. The van der Waals surface area contributed by atoms with Gasteiger partial charge in [0.1, 0.15) is 5.75 Å². The standard InChI is InChI=1S/C18H17ClN2O3/c1-24-14-7-5-13(6-8-14)20-18(23)12-4-9-15(19)16(11-12)21-10-2-3-17(21)22/h4-9,11H,2-3,10H2,1H3,(H,20,23). The molecule has 124 valence electrons. The van der Waals surface area contributed by atoms with Crippen molar-refractivity contribution in [3.8, 4) is 5.75 Å². The zero-order valence-electron chi connectivity index (χ0n) is 13.2. The lowest BCUT2D eigenvalue weighted by molar-refractivity contribution is -0.117. The fourth-order valence-electron chi connectivity index (χ4n) is 2.64. The lowest BCUT2D eigenvalue weighted by atomic mass is 10.1. The van der Waals surface area contributed by atoms with Gasteiger partial charge in [-0.15, -0.1) is 0 Å². The largest absolute Gasteiger partial charge is 0.497 e. The first-order valence-electron chi connectivity index (χ1n) is 7.64. The van der Waals surface area contributed by atoms with Crippen molar-refractivity contribution >= 4 is 34.8 Å². The molecule has 0 saturated carbocycles. The fourth-order valence-corrected chi connectivity index (χ4v) is 2.86. The summed E-state index contributed by atoms with van der Waals surface area (Å²) in [6.07, 6.45) is 1.32. The number of halogens is 1. The fraction of sp³-hybridized carbons (Fsp3) is 0.222. The molecule has 1 saturated heterocycles. The van der Waals surface area contributed by atoms with Crippen molar-refractivity contribution < 1.29 is 14.3 Å². The Balaban J connectivity index is 1.80. The van der Waals surface area contributed by atoms with Crippen LogP contribution >= 0.6 is 11.6 Å². The van der Waals surface area contributed by atoms with Crippen molar-refractivity contribution in [2.45, 2.75) is 12.8 Å². The minimum absolute atomic E-state index is 0.0320. The van der Waals surface area contributed by atoms with Gasteiger partial charge in [0.2, 0.25) is 5.91 Å². The number of carbonyl (C=O) groups is 2. The molecule has 1 heterocycles. The molecule has 0 bridgehead atoms. The minimum Gasteiger partial charge on any atom is -0.497 e. The van der Waals surface area contributed by atoms with E-state index in [4.69, 9.17) is 16.3 Å². The smallest absolute Gasteiger partial charge is 0.255 e. The molecule has 0 atom stereocenters. The van der Waals surface area contributed by atoms with E-state index < -0.39 is 0 Å². The SMILES string of the molecule is COc1ccc(NC(=O)c2ccc(Cl)c(N3CCCC3=O)c2)cc1. The Morgan fingerprint density at radius 1 is 1.21 bits per heavy atom. The Bertz CT molecular complexity index is 774. The second-order valence-corrected chi connectivity index (χ2v) is 5.90. The second-order valence-electron chi connectivity index (χ2n) is 5.50. The maximum absolute atomic E-state index is 12.4. The summed E-state index contributed by atoms with van der Waals surface area (Å²) in [7, 11) is 1.59. The van der Waals surface area contributed by atoms with E-state index in [9.17, 15) is 9.59 Å². The summed E-state index contributed by atoms with van der Waals surface area (Å²) in [5.74, 6) is 0.490. The van der Waals surface area contributed by atoms with Gasteiger partial charge < -0.3 is 15.0 Å². The Morgan fingerprint density at radius 2 is 1.96 bits per heavy atom. The van der Waals surface area contributed by atoms with Crippen LogP contribution in [0.25, 0.3) is 0 Å². The van der Waals surface area contributed by atoms with Crippen molar-refractivity contribution in [2.75, 3.05) is 23.9 Å². The monoisotopic (exact) mass is 344 g/mol. The first-order valence-corrected chi connectivity index (χ1v) is 8.01. The molecular formula is C18H17ClN2O3. The molecule has 24 heavy (non-hydrogen) atoms. The number of carbonyl (C=O) groups excluding carboxylic acids is 2. The summed E-state index contributed by atoms with van der Waals surface area (Å²) in [5.41, 5.74) is 1.70. The normalized spacial score (nSPS) is 13.9. The van der Waals surface area contributed by atoms with Crippen LogP contribution in [0.15, 0.2) is 42.5 Å². The van der Waals surface area contributed by atoms with E-state index in [1.54, 1.807) is 54.5 Å². The first-order chi connectivity index (χ1) is 11.6. The topological polar surface area (TPSA) is 58.6 Å². The van der Waals surface area contributed by atoms with Gasteiger partial charge >= 0.3 is 0 Å². The van der Waals surface area contributed by atoms with Crippen LogP contribution in [0.1, 0.15) is 23.2 Å². The molecule has 0 aliphatic carbocycles. The van der Waals surface area contributed by atoms with Gasteiger partial charge in [-0.25, -0.2) is 0 Å². The Morgan fingerprint density at radius 3 is 2.58 bits per heavy atom. The van der Waals surface area contributed by atoms with Crippen molar-refractivity contribution in [1.29, 1.82) is 0 Å². The zero-order valence-corrected chi connectivity index (χ0v) is 14.0. The number of benzene rings is 2. The Labute approximate surface area is 145 Å². The third-order valence-corrected chi connectivity index (χ3v) is 4.24. The molecule has 0 aromatic heterocycles. The maximum Gasteiger partial charge on any atom is 0.255 e. The van der Waals surface area contributed by atoms with Gasteiger partial charge in [0.05, 0.1) is 17.8 Å². The van der Waals surface area contributed by atoms with Crippen molar-refractivity contribution in [3.05, 3.63) is 53.1 Å². The third kappa shape index (κ3) is 3.36. The van der Waals surface area contributed by atoms with E-state index in [0.29, 0.717) is 40.7 Å². The highest BCUT2D eigenvalue weighted by Crippen LogP contribution is 2.30. The Hall–Kier alpha value is -2.53. The summed E-state index contributed by atoms with van der Waals surface area (Å²) in [4.78, 5) is 26.0. The van der Waals surface area contributed by atoms with Gasteiger partial charge in [0.15, 0.2) is 0 Å². The molecule has 1 N–H and O–H groups in total. The number of amides is 2. The van der Waals surface area contributed by atoms with Crippen molar-refractivity contribution in [2.24, 2.45) is 0 Å². The van der Waals surface area contributed by atoms with Gasteiger partial charge in [-0.05, 0) is 48.9 Å². The van der Waals surface area contributed by atoms with E-state index in [0.717, 1.165) is 6.42 Å². The van der Waals surface area contributed by atoms with Crippen LogP contribution in [0.3, 0.4) is 0 Å². The first kappa shape index (κ1) is 16.3. The predicted octanol–water partition coefficient (Wildman–Crippen LogP) is 3.73. The molecular weight excluding hydrogens is 328 g/mol. The van der Waals surface area contributed by atoms with Crippen LogP contribution in [0, 0.1) is 0 Å². The molecule has 2 aromatic carbocycles. The number of nitrogens with one attached hydrogen (secondary N) is 1. The number of hydrogen-bond donors (Lipinski definition) is 1. The lowest BCUT2D eigenvalue weighted by Gasteiger charge is -2.18. The van der Waals surface area contributed by atoms with Gasteiger partial charge in [-0.2, -0.15) is 0 Å². The zero-order chi connectivity index (χ0) is 17.1. The second kappa shape index (κ2) is 6.93.